The van der Waals surface area contributed by atoms with Crippen LogP contribution >= 0.6 is 0 Å². The smallest absolute Gasteiger partial charge is 0.0205 e. The molecule has 0 radical (unpaired) electrons. The quantitative estimate of drug-likeness (QED) is 0.769. The van der Waals surface area contributed by atoms with E-state index in [1.165, 1.54) is 61.8 Å². The lowest BCUT2D eigenvalue weighted by molar-refractivity contribution is 0.256. The molecule has 1 aliphatic rings. The minimum absolute atomic E-state index is 0.911. The molecule has 1 aromatic carbocycles. The van der Waals surface area contributed by atoms with Crippen LogP contribution in [0.5, 0.6) is 0 Å². The molecule has 1 nitrogen and oxygen atoms in total. The molecule has 1 aromatic rings. The molecule has 0 aliphatic heterocycles. The predicted molar refractivity (Wildman–Crippen MR) is 88.0 cm³/mol. The summed E-state index contributed by atoms with van der Waals surface area (Å²) in [6.45, 7) is 8.91. The van der Waals surface area contributed by atoms with Gasteiger partial charge in [0.2, 0.25) is 0 Å². The van der Waals surface area contributed by atoms with Crippen LogP contribution in [0.2, 0.25) is 0 Å². The molecular weight excluding hydrogens is 242 g/mol. The van der Waals surface area contributed by atoms with Gasteiger partial charge in [-0.15, -0.1) is 0 Å². The number of nitrogens with one attached hydrogen (secondary N) is 1. The average Bonchev–Trinajstić information content (AvgIpc) is 2.40. The van der Waals surface area contributed by atoms with Gasteiger partial charge in [-0.25, -0.2) is 0 Å². The van der Waals surface area contributed by atoms with Crippen molar-refractivity contribution in [1.82, 2.24) is 5.32 Å². The molecule has 0 amide bonds. The standard InChI is InChI=1S/C19H31N/c1-4-5-17-6-8-18(9-7-17)13-20-14-19-11-15(2)10-16(3)12-19/h10-12,17-18,20H,4-9,13-14H2,1-3H3. The molecule has 0 bridgehead atoms. The van der Waals surface area contributed by atoms with Gasteiger partial charge >= 0.3 is 0 Å². The third-order valence-corrected chi connectivity index (χ3v) is 4.71. The summed E-state index contributed by atoms with van der Waals surface area (Å²) in [6.07, 6.45) is 8.60. The molecule has 1 heteroatoms. The second-order valence-corrected chi connectivity index (χ2v) is 6.80. The number of rotatable bonds is 6. The Kier molecular flexibility index (Phi) is 6.09. The molecule has 0 aromatic heterocycles. The second kappa shape index (κ2) is 7.83. The van der Waals surface area contributed by atoms with Gasteiger partial charge in [-0.05, 0) is 50.6 Å². The fourth-order valence-corrected chi connectivity index (χ4v) is 3.72. The third kappa shape index (κ3) is 4.94. The van der Waals surface area contributed by atoms with Crippen molar-refractivity contribution in [2.75, 3.05) is 6.54 Å². The summed E-state index contributed by atoms with van der Waals surface area (Å²) >= 11 is 0. The van der Waals surface area contributed by atoms with Crippen LogP contribution in [0, 0.1) is 25.7 Å². The Bertz CT molecular complexity index is 382. The normalized spacial score (nSPS) is 22.9. The molecule has 20 heavy (non-hydrogen) atoms. The summed E-state index contributed by atoms with van der Waals surface area (Å²) in [5, 5.41) is 3.67. The van der Waals surface area contributed by atoms with E-state index in [9.17, 15) is 0 Å². The van der Waals surface area contributed by atoms with Gasteiger partial charge in [0.15, 0.2) is 0 Å². The first-order chi connectivity index (χ1) is 9.67. The van der Waals surface area contributed by atoms with Crippen LogP contribution in [0.3, 0.4) is 0 Å². The van der Waals surface area contributed by atoms with E-state index in [4.69, 9.17) is 0 Å². The van der Waals surface area contributed by atoms with Crippen molar-refractivity contribution in [3.63, 3.8) is 0 Å². The van der Waals surface area contributed by atoms with E-state index in [1.54, 1.807) is 0 Å². The van der Waals surface area contributed by atoms with Gasteiger partial charge in [0.1, 0.15) is 0 Å². The molecule has 1 saturated carbocycles. The number of hydrogen-bond donors (Lipinski definition) is 1. The molecule has 0 atom stereocenters. The fraction of sp³-hybridized carbons (Fsp3) is 0.684. The SMILES string of the molecule is CCCC1CCC(CNCc2cc(C)cc(C)c2)CC1. The van der Waals surface area contributed by atoms with E-state index in [0.29, 0.717) is 0 Å². The zero-order valence-corrected chi connectivity index (χ0v) is 13.5. The molecule has 1 N–H and O–H groups in total. The Hall–Kier alpha value is -0.820. The van der Waals surface area contributed by atoms with E-state index < -0.39 is 0 Å². The lowest BCUT2D eigenvalue weighted by Crippen LogP contribution is -2.26. The summed E-state index contributed by atoms with van der Waals surface area (Å²) in [5.74, 6) is 1.93. The van der Waals surface area contributed by atoms with E-state index in [-0.39, 0.29) is 0 Å². The number of benzene rings is 1. The van der Waals surface area contributed by atoms with Gasteiger partial charge in [0, 0.05) is 6.54 Å². The van der Waals surface area contributed by atoms with Crippen molar-refractivity contribution in [2.24, 2.45) is 11.8 Å². The first-order valence-electron chi connectivity index (χ1n) is 8.45. The number of hydrogen-bond acceptors (Lipinski definition) is 1. The minimum atomic E-state index is 0.911. The van der Waals surface area contributed by atoms with E-state index in [2.05, 4.69) is 44.3 Å². The largest absolute Gasteiger partial charge is 0.312 e. The summed E-state index contributed by atoms with van der Waals surface area (Å²) in [5.41, 5.74) is 4.19. The molecule has 1 fully saturated rings. The number of aryl methyl sites for hydroxylation is 2. The Balaban J connectivity index is 1.69. The first kappa shape index (κ1) is 15.6. The summed E-state index contributed by atoms with van der Waals surface area (Å²) < 4.78 is 0. The molecule has 0 unspecified atom stereocenters. The van der Waals surface area contributed by atoms with Crippen molar-refractivity contribution in [2.45, 2.75) is 65.8 Å². The van der Waals surface area contributed by atoms with Crippen molar-refractivity contribution in [3.05, 3.63) is 34.9 Å². The monoisotopic (exact) mass is 273 g/mol. The van der Waals surface area contributed by atoms with Crippen LogP contribution in [0.15, 0.2) is 18.2 Å². The molecule has 0 saturated heterocycles. The van der Waals surface area contributed by atoms with Crippen LogP contribution in [0.25, 0.3) is 0 Å². The van der Waals surface area contributed by atoms with Crippen molar-refractivity contribution in [3.8, 4) is 0 Å². The van der Waals surface area contributed by atoms with E-state index in [0.717, 1.165) is 18.4 Å². The predicted octanol–water partition coefficient (Wildman–Crippen LogP) is 5.00. The topological polar surface area (TPSA) is 12.0 Å². The lowest BCUT2D eigenvalue weighted by Gasteiger charge is -2.28. The van der Waals surface area contributed by atoms with Crippen molar-refractivity contribution in [1.29, 1.82) is 0 Å². The molecule has 0 spiro atoms. The van der Waals surface area contributed by atoms with Crippen LogP contribution < -0.4 is 5.32 Å². The maximum Gasteiger partial charge on any atom is 0.0205 e. The first-order valence-corrected chi connectivity index (χ1v) is 8.45. The Morgan fingerprint density at radius 3 is 2.15 bits per heavy atom. The zero-order chi connectivity index (χ0) is 14.4. The highest BCUT2D eigenvalue weighted by molar-refractivity contribution is 5.28. The highest BCUT2D eigenvalue weighted by Gasteiger charge is 2.19. The molecule has 0 heterocycles. The Morgan fingerprint density at radius 1 is 0.950 bits per heavy atom. The average molecular weight is 273 g/mol. The fourth-order valence-electron chi connectivity index (χ4n) is 3.72. The summed E-state index contributed by atoms with van der Waals surface area (Å²) in [4.78, 5) is 0. The van der Waals surface area contributed by atoms with Gasteiger partial charge in [-0.2, -0.15) is 0 Å². The van der Waals surface area contributed by atoms with Crippen LogP contribution in [-0.4, -0.2) is 6.54 Å². The van der Waals surface area contributed by atoms with Crippen molar-refractivity contribution < 1.29 is 0 Å². The van der Waals surface area contributed by atoms with Gasteiger partial charge in [-0.3, -0.25) is 0 Å². The Morgan fingerprint density at radius 2 is 1.55 bits per heavy atom. The van der Waals surface area contributed by atoms with Gasteiger partial charge in [0.05, 0.1) is 0 Å². The minimum Gasteiger partial charge on any atom is -0.312 e. The van der Waals surface area contributed by atoms with Crippen LogP contribution in [-0.2, 0) is 6.54 Å². The lowest BCUT2D eigenvalue weighted by atomic mass is 9.80. The van der Waals surface area contributed by atoms with E-state index in [1.807, 2.05) is 0 Å². The van der Waals surface area contributed by atoms with E-state index >= 15 is 0 Å². The van der Waals surface area contributed by atoms with Gasteiger partial charge < -0.3 is 5.32 Å². The maximum atomic E-state index is 3.67. The van der Waals surface area contributed by atoms with Gasteiger partial charge in [-0.1, -0.05) is 61.9 Å². The third-order valence-electron chi connectivity index (χ3n) is 4.71. The highest BCUT2D eigenvalue weighted by Crippen LogP contribution is 2.31. The van der Waals surface area contributed by atoms with Crippen molar-refractivity contribution >= 4 is 0 Å². The maximum absolute atomic E-state index is 3.67. The van der Waals surface area contributed by atoms with Gasteiger partial charge in [0.25, 0.3) is 0 Å². The summed E-state index contributed by atoms with van der Waals surface area (Å²) in [6, 6.07) is 6.86. The van der Waals surface area contributed by atoms with Crippen LogP contribution in [0.4, 0.5) is 0 Å². The Labute approximate surface area is 125 Å². The molecule has 2 rings (SSSR count). The highest BCUT2D eigenvalue weighted by atomic mass is 14.9. The zero-order valence-electron chi connectivity index (χ0n) is 13.5. The molecular formula is C19H31N. The summed E-state index contributed by atoms with van der Waals surface area (Å²) in [7, 11) is 0. The molecule has 1 aliphatic carbocycles. The second-order valence-electron chi connectivity index (χ2n) is 6.80. The molecule has 112 valence electrons. The van der Waals surface area contributed by atoms with Crippen LogP contribution in [0.1, 0.15) is 62.1 Å².